The van der Waals surface area contributed by atoms with Crippen LogP contribution in [0.2, 0.25) is 5.02 Å². The molecule has 32 heavy (non-hydrogen) atoms. The van der Waals surface area contributed by atoms with E-state index >= 15 is 0 Å². The quantitative estimate of drug-likeness (QED) is 0.664. The van der Waals surface area contributed by atoms with Crippen molar-refractivity contribution in [1.82, 2.24) is 20.4 Å². The Balaban J connectivity index is 1.40. The van der Waals surface area contributed by atoms with Gasteiger partial charge < -0.3 is 20.4 Å². The zero-order chi connectivity index (χ0) is 23.1. The minimum Gasteiger partial charge on any atom is -0.352 e. The lowest BCUT2D eigenvalue weighted by atomic mass is 10.1. The van der Waals surface area contributed by atoms with E-state index in [0.29, 0.717) is 12.1 Å². The number of hydrogen-bond donors (Lipinski definition) is 2. The number of hydrogen-bond acceptors (Lipinski definition) is 4. The molecule has 0 spiro atoms. The van der Waals surface area contributed by atoms with E-state index in [4.69, 9.17) is 11.6 Å². The fourth-order valence-electron chi connectivity index (χ4n) is 3.30. The molecule has 9 heteroatoms. The van der Waals surface area contributed by atoms with Crippen molar-refractivity contribution in [3.63, 3.8) is 0 Å². The van der Waals surface area contributed by atoms with Gasteiger partial charge in [-0.05, 0) is 42.9 Å². The highest BCUT2D eigenvalue weighted by molar-refractivity contribution is 6.33. The molecule has 0 atom stereocenters. The predicted octanol–water partition coefficient (Wildman–Crippen LogP) is 2.30. The van der Waals surface area contributed by atoms with Gasteiger partial charge in [-0.25, -0.2) is 4.39 Å². The van der Waals surface area contributed by atoms with Gasteiger partial charge >= 0.3 is 0 Å². The van der Waals surface area contributed by atoms with Crippen molar-refractivity contribution in [1.29, 1.82) is 0 Å². The number of rotatable bonds is 7. The molecular formula is C23H26ClFN4O3. The fraction of sp³-hybridized carbons (Fsp3) is 0.348. The summed E-state index contributed by atoms with van der Waals surface area (Å²) in [6, 6.07) is 10.7. The second kappa shape index (κ2) is 11.1. The summed E-state index contributed by atoms with van der Waals surface area (Å²) in [6.45, 7) is 3.62. The average Bonchev–Trinajstić information content (AvgIpc) is 2.78. The van der Waals surface area contributed by atoms with Crippen molar-refractivity contribution in [2.45, 2.75) is 13.0 Å². The average molecular weight is 461 g/mol. The number of nitrogens with one attached hydrogen (secondary N) is 2. The van der Waals surface area contributed by atoms with Crippen LogP contribution in [0.3, 0.4) is 0 Å². The van der Waals surface area contributed by atoms with E-state index in [-0.39, 0.29) is 35.4 Å². The van der Waals surface area contributed by atoms with Crippen molar-refractivity contribution < 1.29 is 18.8 Å². The zero-order valence-electron chi connectivity index (χ0n) is 17.9. The molecule has 2 aromatic carbocycles. The molecule has 2 N–H and O–H groups in total. The zero-order valence-corrected chi connectivity index (χ0v) is 18.6. The molecule has 1 heterocycles. The van der Waals surface area contributed by atoms with Crippen molar-refractivity contribution in [3.05, 3.63) is 70.0 Å². The van der Waals surface area contributed by atoms with Gasteiger partial charge in [0.1, 0.15) is 5.82 Å². The first kappa shape index (κ1) is 23.7. The van der Waals surface area contributed by atoms with Crippen LogP contribution < -0.4 is 10.6 Å². The van der Waals surface area contributed by atoms with Gasteiger partial charge in [0.15, 0.2) is 0 Å². The Morgan fingerprint density at radius 3 is 2.34 bits per heavy atom. The monoisotopic (exact) mass is 460 g/mol. The molecule has 1 fully saturated rings. The third-order valence-electron chi connectivity index (χ3n) is 5.29. The van der Waals surface area contributed by atoms with Crippen LogP contribution in [0.4, 0.5) is 4.39 Å². The van der Waals surface area contributed by atoms with Crippen molar-refractivity contribution in [2.24, 2.45) is 0 Å². The van der Waals surface area contributed by atoms with Crippen LogP contribution >= 0.6 is 11.6 Å². The third kappa shape index (κ3) is 6.51. The van der Waals surface area contributed by atoms with Crippen molar-refractivity contribution >= 4 is 29.3 Å². The molecule has 1 saturated heterocycles. The van der Waals surface area contributed by atoms with E-state index in [1.54, 1.807) is 12.1 Å². The Kier molecular flexibility index (Phi) is 8.19. The van der Waals surface area contributed by atoms with Gasteiger partial charge in [-0.1, -0.05) is 23.7 Å². The highest BCUT2D eigenvalue weighted by Gasteiger charge is 2.20. The maximum atomic E-state index is 13.1. The molecule has 0 aliphatic carbocycles. The third-order valence-corrected chi connectivity index (χ3v) is 5.61. The summed E-state index contributed by atoms with van der Waals surface area (Å²) < 4.78 is 13.1. The van der Waals surface area contributed by atoms with Crippen LogP contribution in [0.15, 0.2) is 42.5 Å². The molecule has 1 aliphatic rings. The van der Waals surface area contributed by atoms with Gasteiger partial charge in [-0.3, -0.25) is 14.4 Å². The van der Waals surface area contributed by atoms with Crippen LogP contribution in [-0.2, 0) is 11.3 Å². The van der Waals surface area contributed by atoms with E-state index < -0.39 is 11.7 Å². The summed E-state index contributed by atoms with van der Waals surface area (Å²) in [7, 11) is 2.04. The summed E-state index contributed by atoms with van der Waals surface area (Å²) in [4.78, 5) is 40.7. The Hall–Kier alpha value is -2.97. The van der Waals surface area contributed by atoms with Gasteiger partial charge in [0.25, 0.3) is 11.8 Å². The number of halogens is 2. The molecular weight excluding hydrogens is 435 g/mol. The standard InChI is InChI=1S/C23H26ClFN4O3/c1-28-10-12-29(13-11-28)23(32)17-4-2-16(3-5-17)15-27-21(30)8-9-26-22(31)19-7-6-18(25)14-20(19)24/h2-7,14H,8-13,15H2,1H3,(H,26,31)(H,27,30). The van der Waals surface area contributed by atoms with Crippen LogP contribution in [0.1, 0.15) is 32.7 Å². The topological polar surface area (TPSA) is 81.8 Å². The second-order valence-electron chi connectivity index (χ2n) is 7.70. The first-order chi connectivity index (χ1) is 15.3. The molecule has 1 aliphatic heterocycles. The largest absolute Gasteiger partial charge is 0.352 e. The van der Waals surface area contributed by atoms with E-state index in [9.17, 15) is 18.8 Å². The van der Waals surface area contributed by atoms with Gasteiger partial charge in [-0.15, -0.1) is 0 Å². The molecule has 7 nitrogen and oxygen atoms in total. The lowest BCUT2D eigenvalue weighted by molar-refractivity contribution is -0.121. The summed E-state index contributed by atoms with van der Waals surface area (Å²) in [6.07, 6.45) is 0.0878. The first-order valence-corrected chi connectivity index (χ1v) is 10.8. The number of amides is 3. The predicted molar refractivity (Wildman–Crippen MR) is 120 cm³/mol. The molecule has 0 aromatic heterocycles. The minimum atomic E-state index is -0.525. The van der Waals surface area contributed by atoms with Crippen LogP contribution in [0.5, 0.6) is 0 Å². The number of piperazine rings is 1. The molecule has 0 saturated carbocycles. The summed E-state index contributed by atoms with van der Waals surface area (Å²) >= 11 is 5.86. The number of benzene rings is 2. The Bertz CT molecular complexity index is 976. The molecule has 0 bridgehead atoms. The first-order valence-electron chi connectivity index (χ1n) is 10.4. The lowest BCUT2D eigenvalue weighted by Gasteiger charge is -2.32. The Morgan fingerprint density at radius 2 is 1.69 bits per heavy atom. The number of likely N-dealkylation sites (N-methyl/N-ethyl adjacent to an activating group) is 1. The highest BCUT2D eigenvalue weighted by Crippen LogP contribution is 2.17. The fourth-order valence-corrected chi connectivity index (χ4v) is 3.56. The van der Waals surface area contributed by atoms with Crippen LogP contribution in [0.25, 0.3) is 0 Å². The maximum absolute atomic E-state index is 13.1. The molecule has 3 amide bonds. The molecule has 0 unspecified atom stereocenters. The molecule has 3 rings (SSSR count). The van der Waals surface area contributed by atoms with Crippen LogP contribution in [0, 0.1) is 5.82 Å². The SMILES string of the molecule is CN1CCN(C(=O)c2ccc(CNC(=O)CCNC(=O)c3ccc(F)cc3Cl)cc2)CC1. The molecule has 2 aromatic rings. The summed E-state index contributed by atoms with van der Waals surface area (Å²) in [5.74, 6) is -1.20. The van der Waals surface area contributed by atoms with Crippen molar-refractivity contribution in [3.8, 4) is 0 Å². The summed E-state index contributed by atoms with van der Waals surface area (Å²) in [5.41, 5.74) is 1.65. The molecule has 170 valence electrons. The number of carbonyl (C=O) groups excluding carboxylic acids is 3. The minimum absolute atomic E-state index is 0.0153. The summed E-state index contributed by atoms with van der Waals surface area (Å²) in [5, 5.41) is 5.39. The van der Waals surface area contributed by atoms with Crippen LogP contribution in [-0.4, -0.2) is 67.3 Å². The Morgan fingerprint density at radius 1 is 1.00 bits per heavy atom. The van der Waals surface area contributed by atoms with Gasteiger partial charge in [0.05, 0.1) is 10.6 Å². The smallest absolute Gasteiger partial charge is 0.253 e. The van der Waals surface area contributed by atoms with Gasteiger partial charge in [0.2, 0.25) is 5.91 Å². The molecule has 0 radical (unpaired) electrons. The van der Waals surface area contributed by atoms with E-state index in [0.717, 1.165) is 43.9 Å². The normalized spacial score (nSPS) is 14.2. The van der Waals surface area contributed by atoms with Gasteiger partial charge in [0, 0.05) is 51.3 Å². The van der Waals surface area contributed by atoms with Crippen molar-refractivity contribution in [2.75, 3.05) is 39.8 Å². The van der Waals surface area contributed by atoms with Gasteiger partial charge in [-0.2, -0.15) is 0 Å². The Labute approximate surface area is 191 Å². The lowest BCUT2D eigenvalue weighted by Crippen LogP contribution is -2.47. The van der Waals surface area contributed by atoms with E-state index in [1.807, 2.05) is 24.1 Å². The maximum Gasteiger partial charge on any atom is 0.253 e. The second-order valence-corrected chi connectivity index (χ2v) is 8.11. The number of nitrogens with zero attached hydrogens (tertiary/aromatic N) is 2. The highest BCUT2D eigenvalue weighted by atomic mass is 35.5. The van der Waals surface area contributed by atoms with E-state index in [1.165, 1.54) is 6.07 Å². The number of carbonyl (C=O) groups is 3. The van der Waals surface area contributed by atoms with E-state index in [2.05, 4.69) is 15.5 Å².